The number of nitrogens with zero attached hydrogens (tertiary/aromatic N) is 2. The minimum absolute atomic E-state index is 0. The number of ether oxygens (including phenoxy) is 2. The second-order valence-corrected chi connectivity index (χ2v) is 6.62. The number of para-hydroxylation sites is 1. The summed E-state index contributed by atoms with van der Waals surface area (Å²) in [6.07, 6.45) is 2.65. The number of hydrogen-bond acceptors (Lipinski definition) is 4. The summed E-state index contributed by atoms with van der Waals surface area (Å²) in [5, 5.41) is 6.63. The summed E-state index contributed by atoms with van der Waals surface area (Å²) >= 11 is 0. The first-order valence-corrected chi connectivity index (χ1v) is 10.1. The van der Waals surface area contributed by atoms with Crippen LogP contribution in [0.3, 0.4) is 0 Å². The molecule has 0 aliphatic rings. The predicted molar refractivity (Wildman–Crippen MR) is 135 cm³/mol. The lowest BCUT2D eigenvalue weighted by Gasteiger charge is -2.13. The standard InChI is InChI=1S/C24H28N4O2.HI/c1-25-24(27-15-8-16-29-22-11-3-2-4-12-22)28-18-20-9-7-13-23(17-20)30-19-21-10-5-6-14-26-21;/h2-7,9-14,17H,8,15-16,18-19H2,1H3,(H2,25,27,28);1H. The summed E-state index contributed by atoms with van der Waals surface area (Å²) in [7, 11) is 1.77. The van der Waals surface area contributed by atoms with Crippen LogP contribution in [0.15, 0.2) is 84.0 Å². The molecule has 0 amide bonds. The largest absolute Gasteiger partial charge is 0.494 e. The smallest absolute Gasteiger partial charge is 0.191 e. The molecule has 0 saturated heterocycles. The summed E-state index contributed by atoms with van der Waals surface area (Å²) < 4.78 is 11.5. The third kappa shape index (κ3) is 9.25. The molecular weight excluding hydrogens is 503 g/mol. The molecule has 0 radical (unpaired) electrons. The molecule has 0 saturated carbocycles. The number of guanidine groups is 1. The minimum Gasteiger partial charge on any atom is -0.494 e. The number of rotatable bonds is 10. The van der Waals surface area contributed by atoms with E-state index < -0.39 is 0 Å². The van der Waals surface area contributed by atoms with Gasteiger partial charge in [-0.1, -0.05) is 36.4 Å². The van der Waals surface area contributed by atoms with Crippen molar-refractivity contribution in [2.24, 2.45) is 4.99 Å². The Bertz CT molecular complexity index is 908. The van der Waals surface area contributed by atoms with Crippen molar-refractivity contribution in [3.05, 3.63) is 90.3 Å². The molecule has 164 valence electrons. The molecule has 1 heterocycles. The molecule has 0 aliphatic carbocycles. The molecule has 31 heavy (non-hydrogen) atoms. The van der Waals surface area contributed by atoms with Gasteiger partial charge in [0.15, 0.2) is 5.96 Å². The number of halogens is 1. The zero-order valence-corrected chi connectivity index (χ0v) is 20.0. The first kappa shape index (κ1) is 24.5. The third-order valence-electron chi connectivity index (χ3n) is 4.32. The van der Waals surface area contributed by atoms with Crippen LogP contribution in [0.1, 0.15) is 17.7 Å². The van der Waals surface area contributed by atoms with Gasteiger partial charge in [0.05, 0.1) is 12.3 Å². The second kappa shape index (κ2) is 14.2. The maximum absolute atomic E-state index is 5.84. The van der Waals surface area contributed by atoms with E-state index in [4.69, 9.17) is 9.47 Å². The van der Waals surface area contributed by atoms with Crippen LogP contribution in [0.4, 0.5) is 0 Å². The number of pyridine rings is 1. The second-order valence-electron chi connectivity index (χ2n) is 6.62. The molecule has 0 bridgehead atoms. The van der Waals surface area contributed by atoms with Crippen molar-refractivity contribution in [1.29, 1.82) is 0 Å². The minimum atomic E-state index is 0. The number of nitrogens with one attached hydrogen (secondary N) is 2. The average Bonchev–Trinajstić information content (AvgIpc) is 2.81. The van der Waals surface area contributed by atoms with Crippen LogP contribution in [0.5, 0.6) is 11.5 Å². The summed E-state index contributed by atoms with van der Waals surface area (Å²) in [6, 6.07) is 23.7. The Balaban J connectivity index is 0.00000341. The monoisotopic (exact) mass is 532 g/mol. The Morgan fingerprint density at radius 3 is 2.48 bits per heavy atom. The lowest BCUT2D eigenvalue weighted by Crippen LogP contribution is -2.37. The van der Waals surface area contributed by atoms with Crippen molar-refractivity contribution in [1.82, 2.24) is 15.6 Å². The van der Waals surface area contributed by atoms with Gasteiger partial charge >= 0.3 is 0 Å². The number of aliphatic imine (C=N–C) groups is 1. The lowest BCUT2D eigenvalue weighted by atomic mass is 10.2. The van der Waals surface area contributed by atoms with Crippen LogP contribution in [0.2, 0.25) is 0 Å². The Labute approximate surface area is 201 Å². The molecule has 2 aromatic carbocycles. The van der Waals surface area contributed by atoms with Gasteiger partial charge in [-0.3, -0.25) is 9.98 Å². The van der Waals surface area contributed by atoms with E-state index in [9.17, 15) is 0 Å². The molecule has 3 rings (SSSR count). The molecule has 7 heteroatoms. The van der Waals surface area contributed by atoms with Crippen molar-refractivity contribution < 1.29 is 9.47 Å². The summed E-state index contributed by atoms with van der Waals surface area (Å²) in [6.45, 7) is 2.54. The predicted octanol–water partition coefficient (Wildman–Crippen LogP) is 4.41. The number of hydrogen-bond donors (Lipinski definition) is 2. The molecule has 1 aromatic heterocycles. The van der Waals surface area contributed by atoms with Crippen molar-refractivity contribution in [2.45, 2.75) is 19.6 Å². The van der Waals surface area contributed by atoms with Gasteiger partial charge in [-0.25, -0.2) is 0 Å². The number of aromatic nitrogens is 1. The fraction of sp³-hybridized carbons (Fsp3) is 0.250. The van der Waals surface area contributed by atoms with E-state index in [0.29, 0.717) is 19.8 Å². The van der Waals surface area contributed by atoms with Gasteiger partial charge in [-0.2, -0.15) is 0 Å². The fourth-order valence-electron chi connectivity index (χ4n) is 2.78. The van der Waals surface area contributed by atoms with E-state index in [1.807, 2.05) is 66.7 Å². The van der Waals surface area contributed by atoms with Crippen LogP contribution in [0.25, 0.3) is 0 Å². The van der Waals surface area contributed by atoms with Gasteiger partial charge in [-0.15, -0.1) is 24.0 Å². The lowest BCUT2D eigenvalue weighted by molar-refractivity contribution is 0.301. The molecule has 0 unspecified atom stereocenters. The van der Waals surface area contributed by atoms with Crippen molar-refractivity contribution in [2.75, 3.05) is 20.2 Å². The molecule has 2 N–H and O–H groups in total. The highest BCUT2D eigenvalue weighted by Gasteiger charge is 2.02. The summed E-state index contributed by atoms with van der Waals surface area (Å²) in [4.78, 5) is 8.55. The molecule has 0 fully saturated rings. The first-order valence-electron chi connectivity index (χ1n) is 10.1. The number of benzene rings is 2. The van der Waals surface area contributed by atoms with Gasteiger partial charge < -0.3 is 20.1 Å². The van der Waals surface area contributed by atoms with Crippen LogP contribution in [0, 0.1) is 0 Å². The van der Waals surface area contributed by atoms with Gasteiger partial charge in [-0.05, 0) is 48.4 Å². The first-order chi connectivity index (χ1) is 14.8. The summed E-state index contributed by atoms with van der Waals surface area (Å²) in [5.74, 6) is 2.47. The van der Waals surface area contributed by atoms with Crippen molar-refractivity contribution in [3.63, 3.8) is 0 Å². The van der Waals surface area contributed by atoms with E-state index in [1.54, 1.807) is 13.2 Å². The van der Waals surface area contributed by atoms with E-state index in [0.717, 1.165) is 41.7 Å². The zero-order chi connectivity index (χ0) is 20.9. The Kier molecular flexibility index (Phi) is 11.2. The van der Waals surface area contributed by atoms with Crippen LogP contribution < -0.4 is 20.1 Å². The third-order valence-corrected chi connectivity index (χ3v) is 4.32. The highest BCUT2D eigenvalue weighted by molar-refractivity contribution is 14.0. The van der Waals surface area contributed by atoms with Gasteiger partial charge in [0.25, 0.3) is 0 Å². The Morgan fingerprint density at radius 2 is 1.71 bits per heavy atom. The maximum Gasteiger partial charge on any atom is 0.191 e. The van der Waals surface area contributed by atoms with Gasteiger partial charge in [0, 0.05) is 26.3 Å². The molecule has 6 nitrogen and oxygen atoms in total. The molecule has 0 atom stereocenters. The molecule has 0 spiro atoms. The normalized spacial score (nSPS) is 10.7. The summed E-state index contributed by atoms with van der Waals surface area (Å²) in [5.41, 5.74) is 2.02. The highest BCUT2D eigenvalue weighted by Crippen LogP contribution is 2.14. The molecule has 3 aromatic rings. The zero-order valence-electron chi connectivity index (χ0n) is 17.7. The van der Waals surface area contributed by atoms with Crippen LogP contribution >= 0.6 is 24.0 Å². The van der Waals surface area contributed by atoms with Gasteiger partial charge in [0.1, 0.15) is 18.1 Å². The van der Waals surface area contributed by atoms with E-state index in [2.05, 4.69) is 26.7 Å². The molecular formula is C24H29IN4O2. The Morgan fingerprint density at radius 1 is 0.903 bits per heavy atom. The topological polar surface area (TPSA) is 67.8 Å². The Hall–Kier alpha value is -2.81. The highest BCUT2D eigenvalue weighted by atomic mass is 127. The van der Waals surface area contributed by atoms with Crippen molar-refractivity contribution in [3.8, 4) is 11.5 Å². The SMILES string of the molecule is CN=C(NCCCOc1ccccc1)NCc1cccc(OCc2ccccn2)c1.I. The average molecular weight is 532 g/mol. The van der Waals surface area contributed by atoms with Crippen molar-refractivity contribution >= 4 is 29.9 Å². The quantitative estimate of drug-likeness (QED) is 0.175. The maximum atomic E-state index is 5.84. The van der Waals surface area contributed by atoms with Gasteiger partial charge in [0.2, 0.25) is 0 Å². The molecule has 0 aliphatic heterocycles. The van der Waals surface area contributed by atoms with Crippen LogP contribution in [-0.2, 0) is 13.2 Å². The fourth-order valence-corrected chi connectivity index (χ4v) is 2.78. The van der Waals surface area contributed by atoms with E-state index in [1.165, 1.54) is 0 Å². The van der Waals surface area contributed by atoms with E-state index >= 15 is 0 Å². The van der Waals surface area contributed by atoms with E-state index in [-0.39, 0.29) is 24.0 Å². The van der Waals surface area contributed by atoms with Crippen LogP contribution in [-0.4, -0.2) is 31.1 Å².